The fourth-order valence-corrected chi connectivity index (χ4v) is 10.9. The molecule has 3 aromatic carbocycles. The zero-order valence-electron chi connectivity index (χ0n) is 41.7. The van der Waals surface area contributed by atoms with Crippen molar-refractivity contribution in [2.24, 2.45) is 16.2 Å². The number of carbonyl (C=O) groups excluding carboxylic acids is 4. The van der Waals surface area contributed by atoms with Crippen molar-refractivity contribution in [1.82, 2.24) is 31.2 Å². The van der Waals surface area contributed by atoms with Gasteiger partial charge in [0, 0.05) is 54.6 Å². The first-order chi connectivity index (χ1) is 33.1. The van der Waals surface area contributed by atoms with E-state index in [1.807, 2.05) is 57.5 Å². The molecule has 4 atom stereocenters. The maximum absolute atomic E-state index is 14.2. The van der Waals surface area contributed by atoms with Crippen LogP contribution in [0.1, 0.15) is 107 Å². The molecule has 5 N–H and O–H groups in total. The van der Waals surface area contributed by atoms with Crippen molar-refractivity contribution in [3.63, 3.8) is 0 Å². The molecule has 4 aromatic rings. The van der Waals surface area contributed by atoms with E-state index in [4.69, 9.17) is 25.8 Å². The second kappa shape index (κ2) is 23.1. The minimum absolute atomic E-state index is 0.0302. The van der Waals surface area contributed by atoms with Gasteiger partial charge in [-0.25, -0.2) is 4.98 Å². The van der Waals surface area contributed by atoms with Crippen molar-refractivity contribution in [3.8, 4) is 28.0 Å². The average molecular weight is 999 g/mol. The molecule has 4 amide bonds. The number of halogens is 1. The van der Waals surface area contributed by atoms with Crippen molar-refractivity contribution in [2.45, 2.75) is 117 Å². The van der Waals surface area contributed by atoms with Crippen LogP contribution in [-0.4, -0.2) is 109 Å². The van der Waals surface area contributed by atoms with Crippen LogP contribution in [-0.2, 0) is 19.1 Å². The smallest absolute Gasteiger partial charge is 0.251 e. The highest BCUT2D eigenvalue weighted by atomic mass is 35.5. The number of hydrogen-bond acceptors (Lipinski definition) is 12. The van der Waals surface area contributed by atoms with Crippen molar-refractivity contribution in [2.75, 3.05) is 40.0 Å². The second-order valence-corrected chi connectivity index (χ2v) is 21.8. The number of unbranched alkanes of at least 4 members (excludes halogenated alkanes) is 2. The normalized spacial score (nSPS) is 20.1. The molecule has 376 valence electrons. The number of amides is 4. The molecule has 70 heavy (non-hydrogen) atoms. The van der Waals surface area contributed by atoms with Crippen LogP contribution in [0.2, 0.25) is 5.02 Å². The van der Waals surface area contributed by atoms with Gasteiger partial charge in [-0.3, -0.25) is 19.2 Å². The van der Waals surface area contributed by atoms with Gasteiger partial charge in [0.05, 0.1) is 45.4 Å². The monoisotopic (exact) mass is 997 g/mol. The summed E-state index contributed by atoms with van der Waals surface area (Å²) in [5.74, 6) is -0.260. The standard InChI is InChI=1S/C53H68ClN7O8S/c1-32-44(70-31-57-32)34-15-13-33(14-16-34)41(28-56-9)58-47(65)42-25-37(62)29-61(42)48(66)45(51(2,3)4)59-43(63)30-67-23-11-10-12-24-68-38-20-17-35(18-21-38)46(64)60-49-52(5,6)50(53(49,7)8)69-39-22-19-36(27-55)40(54)26-39/h13-22,26,31,37,41-42,45,49-50,56,62H,10-12,23-25,28-30H2,1-9H3,(H,58,65)(H,59,63)(H,60,64)/t37-,41?,42+,45?,49?,50?/m1/s1. The highest BCUT2D eigenvalue weighted by molar-refractivity contribution is 7.13. The third-order valence-electron chi connectivity index (χ3n) is 13.3. The first-order valence-corrected chi connectivity index (χ1v) is 25.1. The van der Waals surface area contributed by atoms with Gasteiger partial charge in [0.15, 0.2) is 0 Å². The van der Waals surface area contributed by atoms with Gasteiger partial charge >= 0.3 is 0 Å². The summed E-state index contributed by atoms with van der Waals surface area (Å²) in [5.41, 5.74) is 4.09. The SMILES string of the molecule is CNCC(NC(=O)[C@@H]1C[C@@H](O)CN1C(=O)C(NC(=O)COCCCCCOc1ccc(C(=O)NC2C(C)(C)C(Oc3ccc(C#N)c(Cl)c3)C2(C)C)cc1)C(C)(C)C)c1ccc(-c2scnc2C)cc1. The Bertz CT molecular complexity index is 2490. The number of ether oxygens (including phenoxy) is 3. The number of likely N-dealkylation sites (tertiary alicyclic amines) is 1. The Morgan fingerprint density at radius 2 is 1.63 bits per heavy atom. The Kier molecular flexibility index (Phi) is 17.8. The number of nitriles is 1. The van der Waals surface area contributed by atoms with Crippen LogP contribution in [0.3, 0.4) is 0 Å². The Labute approximate surface area is 421 Å². The number of hydrogen-bond donors (Lipinski definition) is 5. The van der Waals surface area contributed by atoms with Gasteiger partial charge in [0.2, 0.25) is 17.7 Å². The van der Waals surface area contributed by atoms with Crippen LogP contribution in [0.5, 0.6) is 11.5 Å². The van der Waals surface area contributed by atoms with Crippen LogP contribution in [0.25, 0.3) is 10.4 Å². The molecule has 2 aliphatic rings. The molecule has 1 aliphatic carbocycles. The van der Waals surface area contributed by atoms with E-state index in [1.54, 1.807) is 60.8 Å². The molecule has 1 saturated carbocycles. The maximum atomic E-state index is 14.2. The molecular weight excluding hydrogens is 930 g/mol. The highest BCUT2D eigenvalue weighted by Gasteiger charge is 2.64. The van der Waals surface area contributed by atoms with Gasteiger partial charge in [-0.05, 0) is 86.2 Å². The van der Waals surface area contributed by atoms with Crippen molar-refractivity contribution >= 4 is 46.6 Å². The Balaban J connectivity index is 0.903. The predicted octanol–water partition coefficient (Wildman–Crippen LogP) is 7.39. The van der Waals surface area contributed by atoms with E-state index in [0.29, 0.717) is 53.8 Å². The van der Waals surface area contributed by atoms with E-state index < -0.39 is 52.3 Å². The molecule has 15 nitrogen and oxygen atoms in total. The number of benzene rings is 3. The number of nitrogens with one attached hydrogen (secondary N) is 4. The number of aromatic nitrogens is 1. The number of aliphatic hydroxyl groups excluding tert-OH is 1. The lowest BCUT2D eigenvalue weighted by atomic mass is 9.49. The molecule has 6 rings (SSSR count). The summed E-state index contributed by atoms with van der Waals surface area (Å²) in [7, 11) is 1.80. The van der Waals surface area contributed by atoms with E-state index in [0.717, 1.165) is 34.5 Å². The van der Waals surface area contributed by atoms with Crippen LogP contribution < -0.4 is 30.7 Å². The van der Waals surface area contributed by atoms with Gasteiger partial charge in [0.1, 0.15) is 42.4 Å². The number of rotatable bonds is 21. The molecule has 2 heterocycles. The van der Waals surface area contributed by atoms with Crippen molar-refractivity contribution < 1.29 is 38.5 Å². The molecule has 2 fully saturated rings. The van der Waals surface area contributed by atoms with E-state index in [2.05, 4.69) is 60.0 Å². The van der Waals surface area contributed by atoms with Gasteiger partial charge in [0.25, 0.3) is 5.91 Å². The van der Waals surface area contributed by atoms with Gasteiger partial charge in [-0.15, -0.1) is 11.3 Å². The molecule has 0 radical (unpaired) electrons. The lowest BCUT2D eigenvalue weighted by Crippen LogP contribution is -2.74. The number of aryl methyl sites for hydroxylation is 1. The van der Waals surface area contributed by atoms with E-state index in [1.165, 1.54) is 4.90 Å². The highest BCUT2D eigenvalue weighted by Crippen LogP contribution is 2.55. The molecule has 17 heteroatoms. The fraction of sp³-hybridized carbons (Fsp3) is 0.509. The Morgan fingerprint density at radius 3 is 2.24 bits per heavy atom. The number of nitrogens with zero attached hydrogens (tertiary/aromatic N) is 3. The summed E-state index contributed by atoms with van der Waals surface area (Å²) in [6, 6.07) is 19.6. The first kappa shape index (κ1) is 53.8. The van der Waals surface area contributed by atoms with Crippen LogP contribution in [0.15, 0.2) is 72.2 Å². The zero-order valence-corrected chi connectivity index (χ0v) is 43.3. The molecule has 2 unspecified atom stereocenters. The van der Waals surface area contributed by atoms with Crippen LogP contribution in [0.4, 0.5) is 0 Å². The largest absolute Gasteiger partial charge is 0.494 e. The van der Waals surface area contributed by atoms with Crippen LogP contribution in [0, 0.1) is 34.5 Å². The second-order valence-electron chi connectivity index (χ2n) is 20.6. The Morgan fingerprint density at radius 1 is 0.957 bits per heavy atom. The molecular formula is C53H68ClN7O8S. The summed E-state index contributed by atoms with van der Waals surface area (Å²) in [4.78, 5) is 61.4. The van der Waals surface area contributed by atoms with Crippen molar-refractivity contribution in [1.29, 1.82) is 5.26 Å². The lowest BCUT2D eigenvalue weighted by molar-refractivity contribution is -0.164. The molecule has 1 saturated heterocycles. The number of β-amino-alcohol motifs (C(OH)–C–C–N with tert-alkyl or cyclic N) is 1. The quantitative estimate of drug-likeness (QED) is 0.0521. The minimum atomic E-state index is -0.974. The Hall–Kier alpha value is -5.57. The summed E-state index contributed by atoms with van der Waals surface area (Å²) in [6.07, 6.45) is 1.18. The van der Waals surface area contributed by atoms with E-state index in [-0.39, 0.29) is 43.5 Å². The van der Waals surface area contributed by atoms with Gasteiger partial charge in [-0.1, -0.05) is 84.3 Å². The van der Waals surface area contributed by atoms with E-state index in [9.17, 15) is 29.5 Å². The summed E-state index contributed by atoms with van der Waals surface area (Å²) >= 11 is 7.81. The van der Waals surface area contributed by atoms with Gasteiger partial charge < -0.3 is 45.5 Å². The van der Waals surface area contributed by atoms with Crippen molar-refractivity contribution in [3.05, 3.63) is 99.6 Å². The van der Waals surface area contributed by atoms with E-state index >= 15 is 0 Å². The number of likely N-dealkylation sites (N-methyl/N-ethyl adjacent to an activating group) is 1. The average Bonchev–Trinajstić information content (AvgIpc) is 3.94. The maximum Gasteiger partial charge on any atom is 0.251 e. The number of carbonyl (C=O) groups is 4. The third-order valence-corrected chi connectivity index (χ3v) is 14.6. The predicted molar refractivity (Wildman–Crippen MR) is 271 cm³/mol. The molecule has 1 aliphatic heterocycles. The van der Waals surface area contributed by atoms with Gasteiger partial charge in [-0.2, -0.15) is 5.26 Å². The third kappa shape index (κ3) is 12.8. The van der Waals surface area contributed by atoms with Crippen LogP contribution >= 0.6 is 22.9 Å². The number of aliphatic hydroxyl groups is 1. The first-order valence-electron chi connectivity index (χ1n) is 23.9. The summed E-state index contributed by atoms with van der Waals surface area (Å²) in [6.45, 7) is 16.7. The lowest BCUT2D eigenvalue weighted by Gasteiger charge is -2.63. The number of thiazole rings is 1. The fourth-order valence-electron chi connectivity index (χ4n) is 9.84. The zero-order chi connectivity index (χ0) is 51.0. The molecule has 1 aromatic heterocycles. The molecule has 0 bridgehead atoms. The summed E-state index contributed by atoms with van der Waals surface area (Å²) < 4.78 is 18.0. The molecule has 0 spiro atoms. The minimum Gasteiger partial charge on any atom is -0.494 e. The topological polar surface area (TPSA) is 204 Å². The summed E-state index contributed by atoms with van der Waals surface area (Å²) in [5, 5.41) is 32.6.